The monoisotopic (exact) mass is 346 g/mol. The van der Waals surface area contributed by atoms with Crippen LogP contribution < -0.4 is 0 Å². The quantitative estimate of drug-likeness (QED) is 0.465. The molecule has 0 bridgehead atoms. The molecule has 1 aliphatic rings. The highest BCUT2D eigenvalue weighted by molar-refractivity contribution is 5.80. The molecule has 0 spiro atoms. The second-order valence-electron chi connectivity index (χ2n) is 6.33. The Hall–Kier alpha value is -2.70. The van der Waals surface area contributed by atoms with Crippen molar-refractivity contribution >= 4 is 17.6 Å². The predicted molar refractivity (Wildman–Crippen MR) is 91.8 cm³/mol. The summed E-state index contributed by atoms with van der Waals surface area (Å²) in [5, 5.41) is 20.1. The van der Waals surface area contributed by atoms with Crippen molar-refractivity contribution in [3.63, 3.8) is 0 Å². The number of nitro groups is 1. The Morgan fingerprint density at radius 3 is 2.72 bits per heavy atom. The number of rotatable bonds is 7. The number of hydrogen-bond donors (Lipinski definition) is 1. The summed E-state index contributed by atoms with van der Waals surface area (Å²) in [6, 6.07) is 6.18. The fourth-order valence-electron chi connectivity index (χ4n) is 3.27. The van der Waals surface area contributed by atoms with Gasteiger partial charge in [-0.05, 0) is 24.8 Å². The van der Waals surface area contributed by atoms with E-state index in [0.717, 1.165) is 0 Å². The van der Waals surface area contributed by atoms with Gasteiger partial charge in [0, 0.05) is 31.1 Å². The minimum atomic E-state index is -0.855. The molecule has 0 saturated heterocycles. The number of carboxylic acid groups (broad SMARTS) is 1. The average molecular weight is 346 g/mol. The van der Waals surface area contributed by atoms with E-state index in [-0.39, 0.29) is 24.1 Å². The van der Waals surface area contributed by atoms with Crippen LogP contribution in [-0.4, -0.2) is 33.4 Å². The van der Waals surface area contributed by atoms with Crippen molar-refractivity contribution in [1.29, 1.82) is 0 Å². The molecular formula is C18H22N2O5. The molecule has 0 aromatic heterocycles. The maximum Gasteiger partial charge on any atom is 0.306 e. The molecule has 1 fully saturated rings. The molecule has 2 rings (SSSR count). The molecule has 1 N–H and O–H groups in total. The van der Waals surface area contributed by atoms with Crippen molar-refractivity contribution in [2.45, 2.75) is 32.2 Å². The molecule has 7 nitrogen and oxygen atoms in total. The van der Waals surface area contributed by atoms with Crippen molar-refractivity contribution in [2.75, 3.05) is 6.54 Å². The van der Waals surface area contributed by atoms with Crippen molar-refractivity contribution in [3.05, 3.63) is 52.6 Å². The van der Waals surface area contributed by atoms with Crippen LogP contribution in [0.3, 0.4) is 0 Å². The Labute approximate surface area is 146 Å². The smallest absolute Gasteiger partial charge is 0.306 e. The number of carbonyl (C=O) groups is 2. The van der Waals surface area contributed by atoms with Gasteiger partial charge in [0.2, 0.25) is 5.91 Å². The van der Waals surface area contributed by atoms with Crippen LogP contribution in [0.1, 0.15) is 31.2 Å². The van der Waals surface area contributed by atoms with Crippen LogP contribution in [-0.2, 0) is 16.1 Å². The van der Waals surface area contributed by atoms with Gasteiger partial charge in [0.05, 0.1) is 10.8 Å². The first kappa shape index (κ1) is 18.6. The molecule has 25 heavy (non-hydrogen) atoms. The third kappa shape index (κ3) is 4.89. The van der Waals surface area contributed by atoms with Crippen molar-refractivity contribution < 1.29 is 19.6 Å². The van der Waals surface area contributed by atoms with Gasteiger partial charge in [-0.15, -0.1) is 6.58 Å². The van der Waals surface area contributed by atoms with Gasteiger partial charge in [0.25, 0.3) is 5.69 Å². The number of non-ortho nitro benzene ring substituents is 1. The van der Waals surface area contributed by atoms with Crippen LogP contribution in [0.4, 0.5) is 5.69 Å². The molecule has 2 atom stereocenters. The number of carboxylic acids is 1. The molecule has 0 heterocycles. The normalized spacial score (nSPS) is 19.8. The lowest BCUT2D eigenvalue weighted by Crippen LogP contribution is -2.38. The highest BCUT2D eigenvalue weighted by Crippen LogP contribution is 2.31. The van der Waals surface area contributed by atoms with E-state index >= 15 is 0 Å². The van der Waals surface area contributed by atoms with Gasteiger partial charge in [-0.25, -0.2) is 0 Å². The maximum atomic E-state index is 12.8. The molecule has 1 amide bonds. The Bertz CT molecular complexity index is 673. The predicted octanol–water partition coefficient (Wildman–Crippen LogP) is 3.00. The third-order valence-electron chi connectivity index (χ3n) is 4.53. The van der Waals surface area contributed by atoms with Crippen LogP contribution in [0.5, 0.6) is 0 Å². The van der Waals surface area contributed by atoms with E-state index < -0.39 is 16.8 Å². The average Bonchev–Trinajstić information content (AvgIpc) is 2.61. The van der Waals surface area contributed by atoms with Crippen LogP contribution in [0.15, 0.2) is 36.9 Å². The van der Waals surface area contributed by atoms with Crippen molar-refractivity contribution in [2.24, 2.45) is 11.8 Å². The van der Waals surface area contributed by atoms with E-state index in [1.807, 2.05) is 0 Å². The minimum absolute atomic E-state index is 0.0212. The van der Waals surface area contributed by atoms with E-state index in [9.17, 15) is 24.8 Å². The fourth-order valence-corrected chi connectivity index (χ4v) is 3.27. The van der Waals surface area contributed by atoms with Crippen LogP contribution in [0.2, 0.25) is 0 Å². The molecule has 1 aromatic rings. The first-order valence-electron chi connectivity index (χ1n) is 8.28. The van der Waals surface area contributed by atoms with Crippen molar-refractivity contribution in [3.8, 4) is 0 Å². The topological polar surface area (TPSA) is 101 Å². The molecule has 0 aliphatic heterocycles. The minimum Gasteiger partial charge on any atom is -0.481 e. The standard InChI is InChI=1S/C18H22N2O5/c1-2-9-19(12-13-5-3-8-16(10-13)20(24)25)17(21)14-6-4-7-15(11-14)18(22)23/h2-3,5,8,10,14-15H,1,4,6-7,9,11-12H2,(H,22,23). The maximum absolute atomic E-state index is 12.8. The van der Waals surface area contributed by atoms with E-state index in [0.29, 0.717) is 37.8 Å². The van der Waals surface area contributed by atoms with Crippen LogP contribution in [0.25, 0.3) is 0 Å². The number of hydrogen-bond acceptors (Lipinski definition) is 4. The van der Waals surface area contributed by atoms with Crippen molar-refractivity contribution in [1.82, 2.24) is 4.90 Å². The SMILES string of the molecule is C=CCN(Cc1cccc([N+](=O)[O-])c1)C(=O)C1CCCC(C(=O)O)C1. The summed E-state index contributed by atoms with van der Waals surface area (Å²) in [7, 11) is 0. The molecule has 134 valence electrons. The molecular weight excluding hydrogens is 324 g/mol. The third-order valence-corrected chi connectivity index (χ3v) is 4.53. The highest BCUT2D eigenvalue weighted by Gasteiger charge is 2.33. The summed E-state index contributed by atoms with van der Waals surface area (Å²) in [5.74, 6) is -1.77. The zero-order valence-electron chi connectivity index (χ0n) is 14.0. The summed E-state index contributed by atoms with van der Waals surface area (Å²) in [6.07, 6.45) is 3.94. The van der Waals surface area contributed by atoms with Gasteiger partial charge in [-0.2, -0.15) is 0 Å². The fraction of sp³-hybridized carbons (Fsp3) is 0.444. The van der Waals surface area contributed by atoms with Gasteiger partial charge >= 0.3 is 5.97 Å². The van der Waals surface area contributed by atoms with Gasteiger partial charge < -0.3 is 10.0 Å². The Morgan fingerprint density at radius 2 is 2.08 bits per heavy atom. The number of benzene rings is 1. The van der Waals surface area contributed by atoms with Crippen LogP contribution in [0, 0.1) is 22.0 Å². The largest absolute Gasteiger partial charge is 0.481 e. The Kier molecular flexibility index (Phi) is 6.27. The lowest BCUT2D eigenvalue weighted by molar-refractivity contribution is -0.384. The molecule has 2 unspecified atom stereocenters. The second kappa shape index (κ2) is 8.41. The van der Waals surface area contributed by atoms with Gasteiger partial charge in [-0.3, -0.25) is 19.7 Å². The molecule has 1 aliphatic carbocycles. The van der Waals surface area contributed by atoms with Gasteiger partial charge in [0.1, 0.15) is 0 Å². The first-order chi connectivity index (χ1) is 11.9. The van der Waals surface area contributed by atoms with E-state index in [2.05, 4.69) is 6.58 Å². The summed E-state index contributed by atoms with van der Waals surface area (Å²) >= 11 is 0. The van der Waals surface area contributed by atoms with Gasteiger partial charge in [0.15, 0.2) is 0 Å². The first-order valence-corrected chi connectivity index (χ1v) is 8.28. The van der Waals surface area contributed by atoms with Gasteiger partial charge in [-0.1, -0.05) is 24.6 Å². The Morgan fingerprint density at radius 1 is 1.36 bits per heavy atom. The molecule has 0 radical (unpaired) electrons. The summed E-state index contributed by atoms with van der Waals surface area (Å²) < 4.78 is 0. The number of nitrogens with zero attached hydrogens (tertiary/aromatic N) is 2. The lowest BCUT2D eigenvalue weighted by Gasteiger charge is -2.31. The number of nitro benzene ring substituents is 1. The van der Waals surface area contributed by atoms with E-state index in [4.69, 9.17) is 0 Å². The Balaban J connectivity index is 2.12. The zero-order valence-corrected chi connectivity index (χ0v) is 14.0. The molecule has 7 heteroatoms. The zero-order chi connectivity index (χ0) is 18.4. The summed E-state index contributed by atoms with van der Waals surface area (Å²) in [6.45, 7) is 4.21. The number of carbonyl (C=O) groups excluding carboxylic acids is 1. The number of amides is 1. The summed E-state index contributed by atoms with van der Waals surface area (Å²) in [5.41, 5.74) is 0.641. The van der Waals surface area contributed by atoms with Crippen LogP contribution >= 0.6 is 0 Å². The highest BCUT2D eigenvalue weighted by atomic mass is 16.6. The molecule has 1 saturated carbocycles. The van der Waals surface area contributed by atoms with E-state index in [1.165, 1.54) is 12.1 Å². The lowest BCUT2D eigenvalue weighted by atomic mass is 9.80. The molecule has 1 aromatic carbocycles. The van der Waals surface area contributed by atoms with E-state index in [1.54, 1.807) is 23.1 Å². The summed E-state index contributed by atoms with van der Waals surface area (Å²) in [4.78, 5) is 36.0. The second-order valence-corrected chi connectivity index (χ2v) is 6.33. The number of aliphatic carboxylic acids is 1.